The molecule has 2 N–H and O–H groups in total. The van der Waals surface area contributed by atoms with Crippen LogP contribution in [0.5, 0.6) is 5.75 Å². The summed E-state index contributed by atoms with van der Waals surface area (Å²) in [5.41, 5.74) is 0.761. The number of amides is 1. The van der Waals surface area contributed by atoms with Crippen LogP contribution in [-0.2, 0) is 16.1 Å². The average Bonchev–Trinajstić information content (AvgIpc) is 2.69. The Morgan fingerprint density at radius 3 is 2.56 bits per heavy atom. The third-order valence-corrected chi connectivity index (χ3v) is 4.19. The number of esters is 1. The molecule has 0 saturated carbocycles. The SMILES string of the molecule is COC(=O)CNC(=O)c1cn(Cc2ccccc2O)c2ccccc2c1=O. The molecule has 7 nitrogen and oxygen atoms in total. The lowest BCUT2D eigenvalue weighted by molar-refractivity contribution is -0.139. The molecule has 27 heavy (non-hydrogen) atoms. The highest BCUT2D eigenvalue weighted by atomic mass is 16.5. The number of para-hydroxylation sites is 2. The highest BCUT2D eigenvalue weighted by molar-refractivity contribution is 5.98. The Labute approximate surface area is 154 Å². The van der Waals surface area contributed by atoms with Crippen LogP contribution in [0.2, 0.25) is 0 Å². The number of aromatic nitrogens is 1. The number of ether oxygens (including phenoxy) is 1. The van der Waals surface area contributed by atoms with E-state index in [-0.39, 0.29) is 24.4 Å². The molecule has 0 spiro atoms. The predicted molar refractivity (Wildman–Crippen MR) is 99.8 cm³/mol. The Morgan fingerprint density at radius 1 is 1.11 bits per heavy atom. The minimum Gasteiger partial charge on any atom is -0.508 e. The number of fused-ring (bicyclic) bond motifs is 1. The number of methoxy groups -OCH3 is 1. The summed E-state index contributed by atoms with van der Waals surface area (Å²) >= 11 is 0. The number of rotatable bonds is 5. The van der Waals surface area contributed by atoms with Gasteiger partial charge in [-0.05, 0) is 18.2 Å². The molecule has 1 aromatic heterocycles. The van der Waals surface area contributed by atoms with E-state index in [1.165, 1.54) is 13.3 Å². The Balaban J connectivity index is 2.06. The molecule has 0 bridgehead atoms. The van der Waals surface area contributed by atoms with Gasteiger partial charge in [0.1, 0.15) is 17.9 Å². The topological polar surface area (TPSA) is 97.6 Å². The second kappa shape index (κ2) is 7.74. The van der Waals surface area contributed by atoms with Crippen molar-refractivity contribution in [3.8, 4) is 5.75 Å². The summed E-state index contributed by atoms with van der Waals surface area (Å²) in [4.78, 5) is 36.4. The molecular weight excluding hydrogens is 348 g/mol. The Bertz CT molecular complexity index is 1070. The molecule has 138 valence electrons. The summed E-state index contributed by atoms with van der Waals surface area (Å²) < 4.78 is 6.21. The van der Waals surface area contributed by atoms with Crippen LogP contribution in [0.1, 0.15) is 15.9 Å². The number of nitrogens with zero attached hydrogens (tertiary/aromatic N) is 1. The molecular formula is C20H18N2O5. The molecule has 1 amide bonds. The van der Waals surface area contributed by atoms with Crippen molar-refractivity contribution in [2.45, 2.75) is 6.54 Å². The smallest absolute Gasteiger partial charge is 0.325 e. The molecule has 7 heteroatoms. The van der Waals surface area contributed by atoms with E-state index in [1.807, 2.05) is 0 Å². The molecule has 3 aromatic rings. The van der Waals surface area contributed by atoms with Crippen LogP contribution >= 0.6 is 0 Å². The first-order valence-corrected chi connectivity index (χ1v) is 8.25. The first-order chi connectivity index (χ1) is 13.0. The van der Waals surface area contributed by atoms with Gasteiger partial charge in [0.15, 0.2) is 0 Å². The molecule has 0 unspecified atom stereocenters. The minimum atomic E-state index is -0.665. The first-order valence-electron chi connectivity index (χ1n) is 8.25. The number of aromatic hydroxyl groups is 1. The Hall–Kier alpha value is -3.61. The normalized spacial score (nSPS) is 10.6. The van der Waals surface area contributed by atoms with Gasteiger partial charge in [0.2, 0.25) is 5.43 Å². The second-order valence-corrected chi connectivity index (χ2v) is 5.90. The van der Waals surface area contributed by atoms with Crippen molar-refractivity contribution in [2.75, 3.05) is 13.7 Å². The molecule has 0 aliphatic rings. The van der Waals surface area contributed by atoms with Gasteiger partial charge >= 0.3 is 5.97 Å². The number of benzene rings is 2. The molecule has 0 aliphatic carbocycles. The fourth-order valence-electron chi connectivity index (χ4n) is 2.79. The average molecular weight is 366 g/mol. The fraction of sp³-hybridized carbons (Fsp3) is 0.150. The number of carbonyl (C=O) groups is 2. The molecule has 0 atom stereocenters. The second-order valence-electron chi connectivity index (χ2n) is 5.90. The van der Waals surface area contributed by atoms with E-state index in [0.29, 0.717) is 16.5 Å². The standard InChI is InChI=1S/C20H18N2O5/c1-27-18(24)10-21-20(26)15-12-22(11-13-6-2-5-9-17(13)23)16-8-4-3-7-14(16)19(15)25/h2-9,12,23H,10-11H2,1H3,(H,21,26). The highest BCUT2D eigenvalue weighted by Gasteiger charge is 2.16. The zero-order chi connectivity index (χ0) is 19.4. The minimum absolute atomic E-state index is 0.0898. The molecule has 0 aliphatic heterocycles. The van der Waals surface area contributed by atoms with Gasteiger partial charge in [0, 0.05) is 17.1 Å². The number of hydrogen-bond donors (Lipinski definition) is 2. The molecule has 0 radical (unpaired) electrons. The fourth-order valence-corrected chi connectivity index (χ4v) is 2.79. The molecule has 0 saturated heterocycles. The van der Waals surface area contributed by atoms with Crippen molar-refractivity contribution in [2.24, 2.45) is 0 Å². The maximum Gasteiger partial charge on any atom is 0.325 e. The van der Waals surface area contributed by atoms with Gasteiger partial charge in [0.05, 0.1) is 19.2 Å². The Kier molecular flexibility index (Phi) is 5.21. The largest absolute Gasteiger partial charge is 0.508 e. The van der Waals surface area contributed by atoms with Gasteiger partial charge in [-0.3, -0.25) is 14.4 Å². The van der Waals surface area contributed by atoms with Gasteiger partial charge < -0.3 is 19.7 Å². The van der Waals surface area contributed by atoms with E-state index in [9.17, 15) is 19.5 Å². The quantitative estimate of drug-likeness (QED) is 0.669. The number of phenols is 1. The first kappa shape index (κ1) is 18.2. The number of nitrogens with one attached hydrogen (secondary N) is 1. The maximum absolute atomic E-state index is 12.7. The summed E-state index contributed by atoms with van der Waals surface area (Å²) in [5, 5.41) is 12.8. The van der Waals surface area contributed by atoms with Crippen LogP contribution < -0.4 is 10.7 Å². The van der Waals surface area contributed by atoms with Gasteiger partial charge in [-0.1, -0.05) is 30.3 Å². The van der Waals surface area contributed by atoms with Gasteiger partial charge in [0.25, 0.3) is 5.91 Å². The zero-order valence-corrected chi connectivity index (χ0v) is 14.6. The maximum atomic E-state index is 12.7. The van der Waals surface area contributed by atoms with E-state index >= 15 is 0 Å². The highest BCUT2D eigenvalue weighted by Crippen LogP contribution is 2.20. The van der Waals surface area contributed by atoms with Crippen LogP contribution in [0.15, 0.2) is 59.5 Å². The summed E-state index contributed by atoms with van der Waals surface area (Å²) in [6.07, 6.45) is 1.43. The summed E-state index contributed by atoms with van der Waals surface area (Å²) in [6, 6.07) is 13.8. The third-order valence-electron chi connectivity index (χ3n) is 4.19. The van der Waals surface area contributed by atoms with Crippen molar-refractivity contribution < 1.29 is 19.4 Å². The lowest BCUT2D eigenvalue weighted by Gasteiger charge is -2.14. The molecule has 1 heterocycles. The molecule has 2 aromatic carbocycles. The van der Waals surface area contributed by atoms with Crippen LogP contribution in [-0.4, -0.2) is 35.2 Å². The van der Waals surface area contributed by atoms with E-state index in [0.717, 1.165) is 0 Å². The van der Waals surface area contributed by atoms with Crippen molar-refractivity contribution >= 4 is 22.8 Å². The van der Waals surface area contributed by atoms with Crippen molar-refractivity contribution in [3.05, 3.63) is 76.1 Å². The van der Waals surface area contributed by atoms with Crippen molar-refractivity contribution in [1.29, 1.82) is 0 Å². The Morgan fingerprint density at radius 2 is 1.81 bits per heavy atom. The predicted octanol–water partition coefficient (Wildman–Crippen LogP) is 1.66. The number of phenolic OH excluding ortho intramolecular Hbond substituents is 1. The van der Waals surface area contributed by atoms with E-state index in [4.69, 9.17) is 0 Å². The monoisotopic (exact) mass is 366 g/mol. The number of pyridine rings is 1. The summed E-state index contributed by atoms with van der Waals surface area (Å²) in [7, 11) is 1.21. The summed E-state index contributed by atoms with van der Waals surface area (Å²) in [5.74, 6) is -1.15. The molecule has 0 fully saturated rings. The number of carbonyl (C=O) groups excluding carboxylic acids is 2. The third kappa shape index (κ3) is 3.82. The summed E-state index contributed by atoms with van der Waals surface area (Å²) in [6.45, 7) is -0.0637. The van der Waals surface area contributed by atoms with Crippen LogP contribution in [0.4, 0.5) is 0 Å². The van der Waals surface area contributed by atoms with Gasteiger partial charge in [-0.2, -0.15) is 0 Å². The van der Waals surface area contributed by atoms with E-state index in [1.54, 1.807) is 53.1 Å². The van der Waals surface area contributed by atoms with Crippen molar-refractivity contribution in [1.82, 2.24) is 9.88 Å². The van der Waals surface area contributed by atoms with Crippen LogP contribution in [0, 0.1) is 0 Å². The number of hydrogen-bond acceptors (Lipinski definition) is 5. The van der Waals surface area contributed by atoms with E-state index < -0.39 is 17.3 Å². The van der Waals surface area contributed by atoms with Gasteiger partial charge in [-0.15, -0.1) is 0 Å². The molecule has 3 rings (SSSR count). The van der Waals surface area contributed by atoms with Crippen LogP contribution in [0.25, 0.3) is 10.9 Å². The zero-order valence-electron chi connectivity index (χ0n) is 14.6. The lowest BCUT2D eigenvalue weighted by atomic mass is 10.1. The van der Waals surface area contributed by atoms with E-state index in [2.05, 4.69) is 10.1 Å². The van der Waals surface area contributed by atoms with Gasteiger partial charge in [-0.25, -0.2) is 0 Å². The van der Waals surface area contributed by atoms with Crippen molar-refractivity contribution in [3.63, 3.8) is 0 Å². The van der Waals surface area contributed by atoms with Crippen LogP contribution in [0.3, 0.4) is 0 Å². The lowest BCUT2D eigenvalue weighted by Crippen LogP contribution is -2.34.